The lowest BCUT2D eigenvalue weighted by molar-refractivity contribution is -0.134. The maximum Gasteiger partial charge on any atom is 0.328 e. The van der Waals surface area contributed by atoms with E-state index in [4.69, 9.17) is 4.74 Å². The molecule has 0 unspecified atom stereocenters. The molecule has 3 aliphatic heterocycles. The first-order valence-corrected chi connectivity index (χ1v) is 8.57. The van der Waals surface area contributed by atoms with Gasteiger partial charge in [-0.1, -0.05) is 18.2 Å². The topological polar surface area (TPSA) is 70.2 Å². The van der Waals surface area contributed by atoms with Gasteiger partial charge >= 0.3 is 6.03 Å². The molecule has 7 heteroatoms. The Morgan fingerprint density at radius 3 is 2.28 bits per heavy atom. The number of carbonyl (C=O) groups excluding carboxylic acids is 3. The fourth-order valence-corrected chi connectivity index (χ4v) is 4.19. The summed E-state index contributed by atoms with van der Waals surface area (Å²) >= 11 is 0. The Labute approximate surface area is 146 Å². The summed E-state index contributed by atoms with van der Waals surface area (Å²) in [5, 5.41) is 0. The minimum absolute atomic E-state index is 0.0670. The van der Waals surface area contributed by atoms with Crippen molar-refractivity contribution in [1.29, 1.82) is 0 Å². The fraction of sp³-hybridized carbons (Fsp3) is 0.500. The summed E-state index contributed by atoms with van der Waals surface area (Å²) in [5.41, 5.74) is 0.793. The van der Waals surface area contributed by atoms with Crippen LogP contribution in [0.4, 0.5) is 10.5 Å². The number of benzene rings is 1. The van der Waals surface area contributed by atoms with E-state index in [-0.39, 0.29) is 30.0 Å². The van der Waals surface area contributed by atoms with Gasteiger partial charge in [0.25, 0.3) is 11.8 Å². The smallest absolute Gasteiger partial charge is 0.328 e. The van der Waals surface area contributed by atoms with Gasteiger partial charge in [0.1, 0.15) is 12.1 Å². The number of nitrogens with zero attached hydrogens (tertiary/aromatic N) is 3. The zero-order valence-corrected chi connectivity index (χ0v) is 14.3. The molecule has 4 amide bonds. The van der Waals surface area contributed by atoms with Crippen LogP contribution in [0.2, 0.25) is 0 Å². The van der Waals surface area contributed by atoms with E-state index in [9.17, 15) is 14.4 Å². The number of amides is 4. The molecule has 0 aliphatic carbocycles. The van der Waals surface area contributed by atoms with Crippen LogP contribution in [-0.4, -0.2) is 65.5 Å². The molecule has 25 heavy (non-hydrogen) atoms. The molecule has 0 spiro atoms. The van der Waals surface area contributed by atoms with E-state index in [2.05, 4.69) is 0 Å². The maximum absolute atomic E-state index is 13.0. The van der Waals surface area contributed by atoms with E-state index in [0.29, 0.717) is 19.4 Å². The third-order valence-corrected chi connectivity index (χ3v) is 5.44. The molecular formula is C18H21N3O4. The number of ether oxygens (including phenoxy) is 1. The Hall–Kier alpha value is -2.41. The van der Waals surface area contributed by atoms with E-state index in [1.165, 1.54) is 4.90 Å². The van der Waals surface area contributed by atoms with Crippen molar-refractivity contribution in [3.63, 3.8) is 0 Å². The van der Waals surface area contributed by atoms with Gasteiger partial charge in [0.2, 0.25) is 0 Å². The van der Waals surface area contributed by atoms with E-state index in [1.807, 2.05) is 37.3 Å². The van der Waals surface area contributed by atoms with Gasteiger partial charge in [0.05, 0.1) is 6.10 Å². The van der Waals surface area contributed by atoms with Crippen molar-refractivity contribution in [3.05, 3.63) is 30.3 Å². The summed E-state index contributed by atoms with van der Waals surface area (Å²) in [6, 6.07) is 7.72. The second kappa shape index (κ2) is 5.84. The van der Waals surface area contributed by atoms with Gasteiger partial charge in [-0.2, -0.15) is 0 Å². The van der Waals surface area contributed by atoms with Crippen LogP contribution in [0.15, 0.2) is 30.3 Å². The largest absolute Gasteiger partial charge is 0.380 e. The molecule has 4 atom stereocenters. The van der Waals surface area contributed by atoms with Crippen molar-refractivity contribution in [3.8, 4) is 0 Å². The fourth-order valence-electron chi connectivity index (χ4n) is 4.19. The molecule has 3 fully saturated rings. The highest BCUT2D eigenvalue weighted by atomic mass is 16.5. The zero-order chi connectivity index (χ0) is 17.7. The Morgan fingerprint density at radius 2 is 1.64 bits per heavy atom. The Kier molecular flexibility index (Phi) is 3.76. The van der Waals surface area contributed by atoms with Crippen molar-refractivity contribution >= 4 is 23.5 Å². The number of methoxy groups -OCH3 is 1. The van der Waals surface area contributed by atoms with Crippen LogP contribution in [0.25, 0.3) is 0 Å². The lowest BCUT2D eigenvalue weighted by Crippen LogP contribution is -2.47. The van der Waals surface area contributed by atoms with Crippen LogP contribution in [-0.2, 0) is 14.3 Å². The molecule has 3 heterocycles. The Bertz CT molecular complexity index is 698. The average molecular weight is 343 g/mol. The molecule has 0 radical (unpaired) electrons. The predicted molar refractivity (Wildman–Crippen MR) is 89.9 cm³/mol. The number of rotatable bonds is 3. The summed E-state index contributed by atoms with van der Waals surface area (Å²) in [7, 11) is 1.58. The van der Waals surface area contributed by atoms with E-state index in [0.717, 1.165) is 5.69 Å². The summed E-state index contributed by atoms with van der Waals surface area (Å²) in [6.07, 6.45) is 0.842. The third kappa shape index (κ3) is 2.33. The minimum Gasteiger partial charge on any atom is -0.380 e. The third-order valence-electron chi connectivity index (χ3n) is 5.44. The molecule has 3 aliphatic rings. The van der Waals surface area contributed by atoms with Crippen LogP contribution in [0.1, 0.15) is 19.8 Å². The van der Waals surface area contributed by atoms with Crippen LogP contribution in [0, 0.1) is 0 Å². The number of urea groups is 1. The number of carbonyl (C=O) groups is 3. The molecule has 0 saturated carbocycles. The number of anilines is 1. The molecule has 7 nitrogen and oxygen atoms in total. The average Bonchev–Trinajstić information content (AvgIpc) is 3.23. The van der Waals surface area contributed by atoms with Crippen molar-refractivity contribution in [2.45, 2.75) is 44.0 Å². The van der Waals surface area contributed by atoms with Gasteiger partial charge in [-0.15, -0.1) is 0 Å². The second-order valence-corrected chi connectivity index (χ2v) is 6.90. The van der Waals surface area contributed by atoms with Gasteiger partial charge in [-0.3, -0.25) is 9.59 Å². The maximum atomic E-state index is 13.0. The quantitative estimate of drug-likeness (QED) is 0.774. The van der Waals surface area contributed by atoms with E-state index >= 15 is 0 Å². The highest BCUT2D eigenvalue weighted by Crippen LogP contribution is 2.35. The van der Waals surface area contributed by atoms with Crippen LogP contribution in [0.3, 0.4) is 0 Å². The molecule has 0 aromatic heterocycles. The Morgan fingerprint density at radius 1 is 0.960 bits per heavy atom. The number of fused-ring (bicyclic) bond motifs is 1. The van der Waals surface area contributed by atoms with Crippen LogP contribution < -0.4 is 4.90 Å². The van der Waals surface area contributed by atoms with Crippen molar-refractivity contribution < 1.29 is 19.1 Å². The van der Waals surface area contributed by atoms with Gasteiger partial charge in [0, 0.05) is 31.8 Å². The standard InChI is InChI=1S/C18H21N3O4/c1-11-8-15(17(23)20(11)12-6-4-3-5-7-12)21-16(22)14-9-13(25-2)10-19(14)18(21)24/h3-7,11,13-15H,8-10H2,1-2H3/t11-,13-,14-,15+/m1/s1. The Balaban J connectivity index is 1.58. The molecule has 1 aromatic rings. The monoisotopic (exact) mass is 343 g/mol. The van der Waals surface area contributed by atoms with Gasteiger partial charge < -0.3 is 14.5 Å². The molecule has 3 saturated heterocycles. The number of hydrogen-bond acceptors (Lipinski definition) is 4. The first-order valence-electron chi connectivity index (χ1n) is 8.57. The van der Waals surface area contributed by atoms with Crippen molar-refractivity contribution in [2.75, 3.05) is 18.6 Å². The zero-order valence-electron chi connectivity index (χ0n) is 14.3. The molecule has 1 aromatic carbocycles. The SMILES string of the molecule is CO[C@@H]1C[C@@H]2C(=O)N([C@H]3C[C@@H](C)N(c4ccccc4)C3=O)C(=O)N2C1. The van der Waals surface area contributed by atoms with Crippen LogP contribution >= 0.6 is 0 Å². The first-order chi connectivity index (χ1) is 12.0. The predicted octanol–water partition coefficient (Wildman–Crippen LogP) is 1.23. The lowest BCUT2D eigenvalue weighted by Gasteiger charge is -2.23. The van der Waals surface area contributed by atoms with Gasteiger partial charge in [-0.25, -0.2) is 9.69 Å². The van der Waals surface area contributed by atoms with E-state index < -0.39 is 12.1 Å². The van der Waals surface area contributed by atoms with Crippen LogP contribution in [0.5, 0.6) is 0 Å². The normalized spacial score (nSPS) is 32.1. The number of imide groups is 1. The van der Waals surface area contributed by atoms with Gasteiger partial charge in [0.15, 0.2) is 0 Å². The lowest BCUT2D eigenvalue weighted by atomic mass is 10.1. The minimum atomic E-state index is -0.721. The molecule has 0 bridgehead atoms. The molecule has 132 valence electrons. The van der Waals surface area contributed by atoms with Crippen molar-refractivity contribution in [1.82, 2.24) is 9.80 Å². The summed E-state index contributed by atoms with van der Waals surface area (Å²) < 4.78 is 5.28. The van der Waals surface area contributed by atoms with Gasteiger partial charge in [-0.05, 0) is 25.5 Å². The summed E-state index contributed by atoms with van der Waals surface area (Å²) in [5.74, 6) is -0.463. The second-order valence-electron chi connectivity index (χ2n) is 6.90. The highest BCUT2D eigenvalue weighted by molar-refractivity contribution is 6.11. The number of para-hydroxylation sites is 1. The van der Waals surface area contributed by atoms with Crippen molar-refractivity contribution in [2.24, 2.45) is 0 Å². The molecule has 0 N–H and O–H groups in total. The first kappa shape index (κ1) is 16.1. The van der Waals surface area contributed by atoms with E-state index in [1.54, 1.807) is 16.9 Å². The molecule has 4 rings (SSSR count). The highest BCUT2D eigenvalue weighted by Gasteiger charge is 2.56. The summed E-state index contributed by atoms with van der Waals surface area (Å²) in [6.45, 7) is 2.35. The number of hydrogen-bond donors (Lipinski definition) is 0. The summed E-state index contributed by atoms with van der Waals surface area (Å²) in [4.78, 5) is 42.9. The molecular weight excluding hydrogens is 322 g/mol.